The number of carbonyl (C=O) groups is 1. The van der Waals surface area contributed by atoms with E-state index in [1.165, 1.54) is 4.90 Å². The third-order valence-electron chi connectivity index (χ3n) is 6.74. The molecule has 184 valence electrons. The Morgan fingerprint density at radius 2 is 1.75 bits per heavy atom. The maximum absolute atomic E-state index is 13.7. The third kappa shape index (κ3) is 5.31. The summed E-state index contributed by atoms with van der Waals surface area (Å²) in [7, 11) is 0. The van der Waals surface area contributed by atoms with E-state index < -0.39 is 0 Å². The van der Waals surface area contributed by atoms with Crippen molar-refractivity contribution in [2.75, 3.05) is 24.2 Å². The van der Waals surface area contributed by atoms with Crippen molar-refractivity contribution in [3.05, 3.63) is 100 Å². The monoisotopic (exact) mass is 498 g/mol. The number of amides is 1. The van der Waals surface area contributed by atoms with Gasteiger partial charge >= 0.3 is 0 Å². The summed E-state index contributed by atoms with van der Waals surface area (Å²) < 4.78 is 1.80. The number of anilines is 1. The van der Waals surface area contributed by atoms with Crippen LogP contribution >= 0.6 is 11.8 Å². The molecule has 1 saturated heterocycles. The van der Waals surface area contributed by atoms with Crippen LogP contribution in [0.3, 0.4) is 0 Å². The molecule has 36 heavy (non-hydrogen) atoms. The number of hydrogen-bond acceptors (Lipinski definition) is 5. The lowest BCUT2D eigenvalue weighted by Gasteiger charge is -2.32. The molecule has 0 spiro atoms. The molecule has 1 N–H and O–H groups in total. The Kier molecular flexibility index (Phi) is 7.37. The lowest BCUT2D eigenvalue weighted by molar-refractivity contribution is -0.125. The summed E-state index contributed by atoms with van der Waals surface area (Å²) in [5.41, 5.74) is 3.61. The molecule has 1 amide bonds. The third-order valence-corrected chi connectivity index (χ3v) is 7.48. The van der Waals surface area contributed by atoms with Gasteiger partial charge in [0.2, 0.25) is 5.91 Å². The van der Waals surface area contributed by atoms with E-state index in [0.717, 1.165) is 35.0 Å². The minimum atomic E-state index is -0.181. The van der Waals surface area contributed by atoms with Gasteiger partial charge < -0.3 is 10.2 Å². The van der Waals surface area contributed by atoms with Gasteiger partial charge in [-0.1, -0.05) is 54.6 Å². The number of carbonyl (C=O) groups excluding carboxylic acids is 1. The van der Waals surface area contributed by atoms with Crippen molar-refractivity contribution >= 4 is 34.5 Å². The summed E-state index contributed by atoms with van der Waals surface area (Å²) in [5, 5.41) is 3.09. The maximum atomic E-state index is 13.7. The van der Waals surface area contributed by atoms with Crippen molar-refractivity contribution in [2.24, 2.45) is 5.92 Å². The molecule has 0 bridgehead atoms. The van der Waals surface area contributed by atoms with Gasteiger partial charge in [-0.05, 0) is 54.5 Å². The first-order valence-corrected chi connectivity index (χ1v) is 13.5. The molecule has 4 aromatic rings. The van der Waals surface area contributed by atoms with Crippen molar-refractivity contribution < 1.29 is 4.79 Å². The Balaban J connectivity index is 1.36. The minimum absolute atomic E-state index is 0.0269. The van der Waals surface area contributed by atoms with Crippen LogP contribution in [0.1, 0.15) is 24.0 Å². The highest BCUT2D eigenvalue weighted by molar-refractivity contribution is 7.98. The van der Waals surface area contributed by atoms with Crippen LogP contribution in [0.25, 0.3) is 11.0 Å². The number of para-hydroxylation sites is 2. The molecule has 1 aliphatic rings. The molecule has 3 aromatic carbocycles. The van der Waals surface area contributed by atoms with E-state index in [9.17, 15) is 9.59 Å². The second-order valence-electron chi connectivity index (χ2n) is 9.15. The Hall–Kier alpha value is -3.58. The minimum Gasteiger partial charge on any atom is -0.352 e. The number of nitrogens with zero attached hydrogens (tertiary/aromatic N) is 3. The number of fused-ring (bicyclic) bond motifs is 1. The van der Waals surface area contributed by atoms with Crippen LogP contribution in [-0.4, -0.2) is 34.8 Å². The first-order valence-electron chi connectivity index (χ1n) is 12.3. The largest absolute Gasteiger partial charge is 0.352 e. The first-order chi connectivity index (χ1) is 17.6. The van der Waals surface area contributed by atoms with Gasteiger partial charge in [0.1, 0.15) is 0 Å². The van der Waals surface area contributed by atoms with Crippen LogP contribution < -0.4 is 15.8 Å². The molecule has 5 rings (SSSR count). The maximum Gasteiger partial charge on any atom is 0.294 e. The predicted octanol–water partition coefficient (Wildman–Crippen LogP) is 4.70. The SMILES string of the molecule is CSc1ccc(CNC(=O)[C@H]2CCCN(c3nc4ccccc4n(Cc4ccccc4)c3=O)C2)cc1. The van der Waals surface area contributed by atoms with E-state index in [-0.39, 0.29) is 17.4 Å². The molecule has 1 fully saturated rings. The fourth-order valence-corrected chi connectivity index (χ4v) is 5.18. The zero-order chi connectivity index (χ0) is 24.9. The van der Waals surface area contributed by atoms with Crippen molar-refractivity contribution in [3.63, 3.8) is 0 Å². The molecule has 6 nitrogen and oxygen atoms in total. The Morgan fingerprint density at radius 3 is 2.53 bits per heavy atom. The number of rotatable bonds is 7. The summed E-state index contributed by atoms with van der Waals surface area (Å²) in [6, 6.07) is 26.0. The second kappa shape index (κ2) is 11.0. The van der Waals surface area contributed by atoms with E-state index in [4.69, 9.17) is 4.98 Å². The summed E-state index contributed by atoms with van der Waals surface area (Å²) in [5.74, 6) is 0.272. The van der Waals surface area contributed by atoms with Gasteiger partial charge in [-0.15, -0.1) is 11.8 Å². The average molecular weight is 499 g/mol. The molecule has 0 aliphatic carbocycles. The van der Waals surface area contributed by atoms with E-state index in [1.54, 1.807) is 16.3 Å². The summed E-state index contributed by atoms with van der Waals surface area (Å²) in [4.78, 5) is 34.7. The molecule has 7 heteroatoms. The van der Waals surface area contributed by atoms with E-state index >= 15 is 0 Å². The topological polar surface area (TPSA) is 67.2 Å². The molecular weight excluding hydrogens is 468 g/mol. The zero-order valence-electron chi connectivity index (χ0n) is 20.4. The highest BCUT2D eigenvalue weighted by atomic mass is 32.2. The summed E-state index contributed by atoms with van der Waals surface area (Å²) >= 11 is 1.70. The smallest absolute Gasteiger partial charge is 0.294 e. The average Bonchev–Trinajstić information content (AvgIpc) is 2.94. The van der Waals surface area contributed by atoms with Crippen molar-refractivity contribution in [1.29, 1.82) is 0 Å². The molecule has 0 unspecified atom stereocenters. The second-order valence-corrected chi connectivity index (χ2v) is 10.0. The van der Waals surface area contributed by atoms with E-state index in [2.05, 4.69) is 17.4 Å². The number of aromatic nitrogens is 2. The molecule has 1 aromatic heterocycles. The van der Waals surface area contributed by atoms with Crippen LogP contribution in [0.4, 0.5) is 5.82 Å². The van der Waals surface area contributed by atoms with Crippen LogP contribution in [0.5, 0.6) is 0 Å². The predicted molar refractivity (Wildman–Crippen MR) is 147 cm³/mol. The Labute approximate surface area is 215 Å². The van der Waals surface area contributed by atoms with Crippen molar-refractivity contribution in [3.8, 4) is 0 Å². The van der Waals surface area contributed by atoms with Gasteiger partial charge in [0, 0.05) is 24.5 Å². The molecule has 2 heterocycles. The quantitative estimate of drug-likeness (QED) is 0.374. The van der Waals surface area contributed by atoms with Gasteiger partial charge in [0.05, 0.1) is 23.5 Å². The number of thioether (sulfide) groups is 1. The standard InChI is InChI=1S/C29H30N4O2S/c1-36-24-15-13-21(14-16-24)18-30-28(34)23-10-7-17-32(20-23)27-29(35)33(19-22-8-3-2-4-9-22)26-12-6-5-11-25(26)31-27/h2-6,8-9,11-16,23H,7,10,17-20H2,1H3,(H,30,34)/t23-/m0/s1. The molecule has 0 radical (unpaired) electrons. The highest BCUT2D eigenvalue weighted by Gasteiger charge is 2.28. The van der Waals surface area contributed by atoms with Gasteiger partial charge in [0.15, 0.2) is 5.82 Å². The molecular formula is C29H30N4O2S. The van der Waals surface area contributed by atoms with Crippen LogP contribution in [-0.2, 0) is 17.9 Å². The van der Waals surface area contributed by atoms with Crippen molar-refractivity contribution in [2.45, 2.75) is 30.8 Å². The van der Waals surface area contributed by atoms with E-state index in [1.807, 2.05) is 77.9 Å². The van der Waals surface area contributed by atoms with Gasteiger partial charge in [0.25, 0.3) is 5.56 Å². The van der Waals surface area contributed by atoms with Crippen LogP contribution in [0.15, 0.2) is 88.6 Å². The van der Waals surface area contributed by atoms with Crippen LogP contribution in [0.2, 0.25) is 0 Å². The fourth-order valence-electron chi connectivity index (χ4n) is 4.77. The van der Waals surface area contributed by atoms with Gasteiger partial charge in [-0.3, -0.25) is 14.2 Å². The summed E-state index contributed by atoms with van der Waals surface area (Å²) in [6.45, 7) is 2.18. The lowest BCUT2D eigenvalue weighted by Crippen LogP contribution is -2.45. The number of benzene rings is 3. The number of piperidine rings is 1. The molecule has 0 saturated carbocycles. The highest BCUT2D eigenvalue weighted by Crippen LogP contribution is 2.23. The van der Waals surface area contributed by atoms with Crippen molar-refractivity contribution in [1.82, 2.24) is 14.9 Å². The van der Waals surface area contributed by atoms with Gasteiger partial charge in [-0.25, -0.2) is 4.98 Å². The molecule has 1 atom stereocenters. The lowest BCUT2D eigenvalue weighted by atomic mass is 9.97. The van der Waals surface area contributed by atoms with Gasteiger partial charge in [-0.2, -0.15) is 0 Å². The summed E-state index contributed by atoms with van der Waals surface area (Å²) in [6.07, 6.45) is 3.69. The normalized spacial score (nSPS) is 15.7. The van der Waals surface area contributed by atoms with Crippen LogP contribution in [0, 0.1) is 5.92 Å². The number of hydrogen-bond donors (Lipinski definition) is 1. The molecule has 1 aliphatic heterocycles. The number of nitrogens with one attached hydrogen (secondary N) is 1. The first kappa shape index (κ1) is 24.1. The fraction of sp³-hybridized carbons (Fsp3) is 0.276. The Bertz CT molecular complexity index is 1400. The van der Waals surface area contributed by atoms with E-state index in [0.29, 0.717) is 32.0 Å². The zero-order valence-corrected chi connectivity index (χ0v) is 21.2. The Morgan fingerprint density at radius 1 is 1.00 bits per heavy atom.